The zero-order valence-corrected chi connectivity index (χ0v) is 28.3. The molecule has 0 fully saturated rings. The van der Waals surface area contributed by atoms with Gasteiger partial charge in [-0.15, -0.1) is 0 Å². The van der Waals surface area contributed by atoms with Gasteiger partial charge in [-0.1, -0.05) is 35.6 Å². The lowest BCUT2D eigenvalue weighted by molar-refractivity contribution is -0.139. The Morgan fingerprint density at radius 3 is 2.31 bits per heavy atom. The number of methoxy groups -OCH3 is 2. The highest BCUT2D eigenvalue weighted by molar-refractivity contribution is 7.07. The number of allylic oxidation sites excluding steroid dienone is 1. The monoisotopic (exact) mass is 672 g/mol. The van der Waals surface area contributed by atoms with Crippen LogP contribution >= 0.6 is 11.3 Å². The van der Waals surface area contributed by atoms with E-state index in [-0.39, 0.29) is 36.0 Å². The average Bonchev–Trinajstić information content (AvgIpc) is 3.37. The Hall–Kier alpha value is -5.36. The first-order valence-electron chi connectivity index (χ1n) is 15.2. The van der Waals surface area contributed by atoms with E-state index in [4.69, 9.17) is 28.8 Å². The van der Waals surface area contributed by atoms with Gasteiger partial charge in [0.25, 0.3) is 5.56 Å². The molecular formula is C36H36N2O9S. The average molecular weight is 673 g/mol. The Balaban J connectivity index is 1.53. The molecule has 12 heteroatoms. The van der Waals surface area contributed by atoms with Crippen LogP contribution in [0.25, 0.3) is 6.08 Å². The Labute approximate surface area is 281 Å². The van der Waals surface area contributed by atoms with E-state index in [1.165, 1.54) is 42.3 Å². The molecule has 250 valence electrons. The number of nitrogens with zero attached hydrogens (tertiary/aromatic N) is 2. The van der Waals surface area contributed by atoms with Crippen molar-refractivity contribution < 1.29 is 38.4 Å². The topological polar surface area (TPSA) is 135 Å². The minimum absolute atomic E-state index is 0.0863. The lowest BCUT2D eigenvalue weighted by Gasteiger charge is -2.25. The second-order valence-electron chi connectivity index (χ2n) is 11.1. The van der Waals surface area contributed by atoms with Crippen LogP contribution in [0.4, 0.5) is 0 Å². The fraction of sp³-hybridized carbons (Fsp3) is 0.278. The number of carbonyl (C=O) groups is 2. The third-order valence-corrected chi connectivity index (χ3v) is 8.45. The van der Waals surface area contributed by atoms with E-state index in [1.54, 1.807) is 62.4 Å². The second-order valence-corrected chi connectivity index (χ2v) is 12.1. The normalized spacial score (nSPS) is 14.3. The Bertz CT molecular complexity index is 2060. The molecule has 0 bridgehead atoms. The van der Waals surface area contributed by atoms with Crippen LogP contribution in [0.3, 0.4) is 0 Å². The predicted octanol–water partition coefficient (Wildman–Crippen LogP) is 4.88. The summed E-state index contributed by atoms with van der Waals surface area (Å²) in [5, 5.41) is 9.13. The first-order chi connectivity index (χ1) is 23.0. The van der Waals surface area contributed by atoms with Gasteiger partial charge in [0.1, 0.15) is 6.61 Å². The minimum Gasteiger partial charge on any atom is -0.493 e. The highest BCUT2D eigenvalue weighted by Crippen LogP contribution is 2.36. The Morgan fingerprint density at radius 2 is 1.67 bits per heavy atom. The number of thiazole rings is 1. The molecule has 2 heterocycles. The van der Waals surface area contributed by atoms with Crippen molar-refractivity contribution in [1.29, 1.82) is 0 Å². The molecule has 0 saturated carbocycles. The highest BCUT2D eigenvalue weighted by Gasteiger charge is 2.34. The van der Waals surface area contributed by atoms with Crippen LogP contribution in [-0.2, 0) is 16.1 Å². The third-order valence-electron chi connectivity index (χ3n) is 7.46. The van der Waals surface area contributed by atoms with E-state index in [9.17, 15) is 14.4 Å². The molecule has 5 rings (SSSR count). The van der Waals surface area contributed by atoms with Crippen molar-refractivity contribution in [3.8, 4) is 23.0 Å². The van der Waals surface area contributed by atoms with E-state index in [2.05, 4.69) is 4.99 Å². The maximum Gasteiger partial charge on any atom is 0.338 e. The highest BCUT2D eigenvalue weighted by atomic mass is 32.1. The molecule has 0 spiro atoms. The lowest BCUT2D eigenvalue weighted by Crippen LogP contribution is -2.40. The van der Waals surface area contributed by atoms with E-state index >= 15 is 0 Å². The first kappa shape index (κ1) is 34.0. The number of esters is 1. The molecule has 3 aromatic carbocycles. The van der Waals surface area contributed by atoms with Crippen LogP contribution in [0.2, 0.25) is 0 Å². The number of hydrogen-bond acceptors (Lipinski definition) is 10. The predicted molar refractivity (Wildman–Crippen MR) is 180 cm³/mol. The number of carboxylic acids is 1. The smallest absolute Gasteiger partial charge is 0.338 e. The van der Waals surface area contributed by atoms with Gasteiger partial charge in [-0.2, -0.15) is 0 Å². The van der Waals surface area contributed by atoms with Crippen molar-refractivity contribution in [1.82, 2.24) is 4.57 Å². The molecule has 0 unspecified atom stereocenters. The molecule has 0 radical (unpaired) electrons. The maximum atomic E-state index is 14.1. The molecule has 4 aromatic rings. The van der Waals surface area contributed by atoms with Gasteiger partial charge in [0, 0.05) is 0 Å². The summed E-state index contributed by atoms with van der Waals surface area (Å²) in [6.07, 6.45) is 1.65. The second kappa shape index (κ2) is 14.6. The van der Waals surface area contributed by atoms with Gasteiger partial charge in [0.05, 0.1) is 54.3 Å². The number of benzene rings is 3. The SMILES string of the molecule is CCOC(=O)C1=C(C)N=c2s/c(=C\c3ccc(OCc4ccc(C(=O)O)cc4)c(OC)c3)c(=O)n2[C@H]1c1ccc(OC(C)C)c(OC)c1. The fourth-order valence-electron chi connectivity index (χ4n) is 5.26. The van der Waals surface area contributed by atoms with Crippen molar-refractivity contribution in [3.05, 3.63) is 114 Å². The van der Waals surface area contributed by atoms with Crippen molar-refractivity contribution >= 4 is 29.4 Å². The molecule has 48 heavy (non-hydrogen) atoms. The third kappa shape index (κ3) is 7.13. The quantitative estimate of drug-likeness (QED) is 0.209. The molecule has 11 nitrogen and oxygen atoms in total. The standard InChI is InChI=1S/C36H36N2O9S/c1-7-45-35(42)31-21(4)37-36-38(32(31)25-13-15-27(47-20(2)3)29(18-25)44-6)33(39)30(48-36)17-23-10-14-26(28(16-23)43-5)46-19-22-8-11-24(12-9-22)34(40)41/h8-18,20,32H,7,19H2,1-6H3,(H,40,41)/b30-17-/t32-/m0/s1. The number of rotatable bonds is 12. The number of fused-ring (bicyclic) bond motifs is 1. The van der Waals surface area contributed by atoms with Crippen molar-refractivity contribution in [2.24, 2.45) is 4.99 Å². The van der Waals surface area contributed by atoms with Gasteiger partial charge in [-0.25, -0.2) is 14.6 Å². The minimum atomic E-state index is -0.997. The van der Waals surface area contributed by atoms with Gasteiger partial charge in [0.15, 0.2) is 27.8 Å². The van der Waals surface area contributed by atoms with E-state index < -0.39 is 18.0 Å². The summed E-state index contributed by atoms with van der Waals surface area (Å²) < 4.78 is 30.4. The number of ether oxygens (including phenoxy) is 5. The zero-order valence-electron chi connectivity index (χ0n) is 27.4. The molecule has 1 atom stereocenters. The summed E-state index contributed by atoms with van der Waals surface area (Å²) in [5.41, 5.74) is 2.68. The molecular weight excluding hydrogens is 636 g/mol. The fourth-order valence-corrected chi connectivity index (χ4v) is 6.31. The lowest BCUT2D eigenvalue weighted by atomic mass is 9.95. The first-order valence-corrected chi connectivity index (χ1v) is 16.0. The van der Waals surface area contributed by atoms with Crippen LogP contribution in [0.15, 0.2) is 81.7 Å². The molecule has 1 aliphatic rings. The van der Waals surface area contributed by atoms with Crippen LogP contribution in [0, 0.1) is 0 Å². The Kier molecular flexibility index (Phi) is 10.3. The summed E-state index contributed by atoms with van der Waals surface area (Å²) in [4.78, 5) is 43.6. The van der Waals surface area contributed by atoms with Gasteiger partial charge < -0.3 is 28.8 Å². The molecule has 0 amide bonds. The summed E-state index contributed by atoms with van der Waals surface area (Å²) in [7, 11) is 3.06. The summed E-state index contributed by atoms with van der Waals surface area (Å²) in [6, 6.07) is 16.2. The van der Waals surface area contributed by atoms with E-state index in [1.807, 2.05) is 19.9 Å². The van der Waals surface area contributed by atoms with Gasteiger partial charge in [0.2, 0.25) is 0 Å². The number of aromatic carboxylic acids is 1. The van der Waals surface area contributed by atoms with Gasteiger partial charge >= 0.3 is 11.9 Å². The summed E-state index contributed by atoms with van der Waals surface area (Å²) in [5.74, 6) is 0.383. The van der Waals surface area contributed by atoms with Gasteiger partial charge in [-0.05, 0) is 86.9 Å². The number of carbonyl (C=O) groups excluding carboxylic acids is 1. The molecule has 1 N–H and O–H groups in total. The molecule has 0 aliphatic carbocycles. The molecule has 1 aliphatic heterocycles. The Morgan fingerprint density at radius 1 is 0.979 bits per heavy atom. The van der Waals surface area contributed by atoms with Gasteiger partial charge in [-0.3, -0.25) is 9.36 Å². The van der Waals surface area contributed by atoms with E-state index in [0.717, 1.165) is 5.56 Å². The molecule has 0 saturated heterocycles. The van der Waals surface area contributed by atoms with Crippen LogP contribution in [-0.4, -0.2) is 48.5 Å². The van der Waals surface area contributed by atoms with Crippen molar-refractivity contribution in [2.45, 2.75) is 46.4 Å². The maximum absolute atomic E-state index is 14.1. The van der Waals surface area contributed by atoms with E-state index in [0.29, 0.717) is 49.2 Å². The van der Waals surface area contributed by atoms with Crippen molar-refractivity contribution in [3.63, 3.8) is 0 Å². The summed E-state index contributed by atoms with van der Waals surface area (Å²) in [6.45, 7) is 7.64. The zero-order chi connectivity index (χ0) is 34.5. The van der Waals surface area contributed by atoms with Crippen LogP contribution in [0.5, 0.6) is 23.0 Å². The number of hydrogen-bond donors (Lipinski definition) is 1. The number of carboxylic acid groups (broad SMARTS) is 1. The number of aromatic nitrogens is 1. The largest absolute Gasteiger partial charge is 0.493 e. The van der Waals surface area contributed by atoms with Crippen LogP contribution < -0.4 is 33.8 Å². The van der Waals surface area contributed by atoms with Crippen molar-refractivity contribution in [2.75, 3.05) is 20.8 Å². The summed E-state index contributed by atoms with van der Waals surface area (Å²) >= 11 is 1.21. The van der Waals surface area contributed by atoms with Crippen LogP contribution in [0.1, 0.15) is 60.8 Å². The molecule has 1 aromatic heterocycles.